The minimum absolute atomic E-state index is 0.0457. The van der Waals surface area contributed by atoms with Gasteiger partial charge in [0.15, 0.2) is 0 Å². The fourth-order valence-corrected chi connectivity index (χ4v) is 4.10. The molecule has 0 radical (unpaired) electrons. The topological polar surface area (TPSA) is 32.3 Å². The summed E-state index contributed by atoms with van der Waals surface area (Å²) in [5.41, 5.74) is 0. The summed E-state index contributed by atoms with van der Waals surface area (Å²) in [5.74, 6) is 0.969. The molecule has 104 valence electrons. The van der Waals surface area contributed by atoms with Gasteiger partial charge in [0.25, 0.3) is 0 Å². The molecule has 0 bridgehead atoms. The molecule has 1 aliphatic carbocycles. The van der Waals surface area contributed by atoms with E-state index in [0.717, 1.165) is 6.54 Å². The number of nitrogens with zero attached hydrogens (tertiary/aromatic N) is 1. The Kier molecular flexibility index (Phi) is 3.89. The van der Waals surface area contributed by atoms with Gasteiger partial charge in [0.1, 0.15) is 6.17 Å². The van der Waals surface area contributed by atoms with Gasteiger partial charge in [-0.05, 0) is 37.1 Å². The van der Waals surface area contributed by atoms with Crippen molar-refractivity contribution in [2.75, 3.05) is 6.54 Å². The summed E-state index contributed by atoms with van der Waals surface area (Å²) in [6, 6.07) is 4.14. The molecular weight excluding hydrogens is 256 g/mol. The molecule has 1 aliphatic heterocycles. The number of thiophene rings is 1. The highest BCUT2D eigenvalue weighted by Crippen LogP contribution is 2.32. The highest BCUT2D eigenvalue weighted by molar-refractivity contribution is 7.10. The zero-order valence-corrected chi connectivity index (χ0v) is 12.3. The minimum Gasteiger partial charge on any atom is -0.320 e. The van der Waals surface area contributed by atoms with E-state index in [4.69, 9.17) is 0 Å². The molecule has 1 amide bonds. The van der Waals surface area contributed by atoms with Gasteiger partial charge in [-0.3, -0.25) is 10.1 Å². The Morgan fingerprint density at radius 1 is 1.37 bits per heavy atom. The van der Waals surface area contributed by atoms with Crippen LogP contribution in [0.2, 0.25) is 0 Å². The van der Waals surface area contributed by atoms with Crippen molar-refractivity contribution in [2.24, 2.45) is 5.92 Å². The van der Waals surface area contributed by atoms with Crippen LogP contribution in [0.15, 0.2) is 17.5 Å². The molecule has 2 aliphatic rings. The Bertz CT molecular complexity index is 425. The van der Waals surface area contributed by atoms with Crippen LogP contribution in [0.5, 0.6) is 0 Å². The molecule has 2 atom stereocenters. The van der Waals surface area contributed by atoms with Gasteiger partial charge < -0.3 is 4.90 Å². The van der Waals surface area contributed by atoms with E-state index in [0.29, 0.717) is 5.92 Å². The smallest absolute Gasteiger partial charge is 0.241 e. The summed E-state index contributed by atoms with van der Waals surface area (Å²) in [6.45, 7) is 2.91. The van der Waals surface area contributed by atoms with Crippen LogP contribution >= 0.6 is 11.3 Å². The fraction of sp³-hybridized carbons (Fsp3) is 0.667. The van der Waals surface area contributed by atoms with Crippen LogP contribution in [0.25, 0.3) is 0 Å². The van der Waals surface area contributed by atoms with E-state index in [1.54, 1.807) is 11.3 Å². The predicted molar refractivity (Wildman–Crippen MR) is 77.9 cm³/mol. The number of rotatable bonds is 3. The Morgan fingerprint density at radius 3 is 2.84 bits per heavy atom. The van der Waals surface area contributed by atoms with Crippen LogP contribution in [0.1, 0.15) is 50.1 Å². The van der Waals surface area contributed by atoms with E-state index < -0.39 is 0 Å². The van der Waals surface area contributed by atoms with E-state index in [1.807, 2.05) is 6.92 Å². The third kappa shape index (κ3) is 2.70. The summed E-state index contributed by atoms with van der Waals surface area (Å²) < 4.78 is 0. The summed E-state index contributed by atoms with van der Waals surface area (Å²) in [5, 5.41) is 5.52. The van der Waals surface area contributed by atoms with Crippen molar-refractivity contribution in [1.82, 2.24) is 10.2 Å². The molecule has 1 aromatic rings. The first-order valence-corrected chi connectivity index (χ1v) is 8.23. The monoisotopic (exact) mass is 278 g/mol. The van der Waals surface area contributed by atoms with E-state index >= 15 is 0 Å². The third-order valence-corrected chi connectivity index (χ3v) is 5.29. The number of amides is 1. The van der Waals surface area contributed by atoms with Gasteiger partial charge in [-0.2, -0.15) is 0 Å². The lowest BCUT2D eigenvalue weighted by molar-refractivity contribution is -0.130. The molecule has 0 spiro atoms. The zero-order valence-electron chi connectivity index (χ0n) is 11.5. The van der Waals surface area contributed by atoms with Crippen molar-refractivity contribution in [3.05, 3.63) is 22.4 Å². The maximum atomic E-state index is 12.4. The molecule has 3 nitrogen and oxygen atoms in total. The average Bonchev–Trinajstić information content (AvgIpc) is 3.04. The lowest BCUT2D eigenvalue weighted by atomic mass is 9.89. The van der Waals surface area contributed by atoms with Crippen LogP contribution in [0, 0.1) is 5.92 Å². The van der Waals surface area contributed by atoms with E-state index in [-0.39, 0.29) is 18.1 Å². The van der Waals surface area contributed by atoms with Gasteiger partial charge in [0.05, 0.1) is 6.04 Å². The zero-order chi connectivity index (χ0) is 13.2. The third-order valence-electron chi connectivity index (χ3n) is 4.37. The van der Waals surface area contributed by atoms with Crippen molar-refractivity contribution >= 4 is 17.2 Å². The second-order valence-electron chi connectivity index (χ2n) is 5.80. The number of carbonyl (C=O) groups excluding carboxylic acids is 1. The van der Waals surface area contributed by atoms with Crippen LogP contribution in [-0.4, -0.2) is 23.4 Å². The van der Waals surface area contributed by atoms with Crippen LogP contribution in [0.3, 0.4) is 0 Å². The summed E-state index contributed by atoms with van der Waals surface area (Å²) in [6.07, 6.45) is 6.71. The van der Waals surface area contributed by atoms with E-state index in [2.05, 4.69) is 27.7 Å². The van der Waals surface area contributed by atoms with Gasteiger partial charge in [0.2, 0.25) is 5.91 Å². The van der Waals surface area contributed by atoms with E-state index in [1.165, 1.54) is 37.0 Å². The summed E-state index contributed by atoms with van der Waals surface area (Å²) >= 11 is 1.73. The first-order valence-electron chi connectivity index (χ1n) is 7.35. The number of carbonyl (C=O) groups is 1. The largest absolute Gasteiger partial charge is 0.320 e. The molecular formula is C15H22N2OS. The lowest BCUT2D eigenvalue weighted by Gasteiger charge is -2.30. The number of hydrogen-bond donors (Lipinski definition) is 1. The lowest BCUT2D eigenvalue weighted by Crippen LogP contribution is -2.35. The van der Waals surface area contributed by atoms with Crippen LogP contribution in [-0.2, 0) is 4.79 Å². The van der Waals surface area contributed by atoms with Gasteiger partial charge in [-0.25, -0.2) is 0 Å². The molecule has 1 aromatic heterocycles. The molecule has 0 aromatic carbocycles. The van der Waals surface area contributed by atoms with Crippen LogP contribution in [0.4, 0.5) is 0 Å². The van der Waals surface area contributed by atoms with Crippen LogP contribution < -0.4 is 5.32 Å². The van der Waals surface area contributed by atoms with Crippen molar-refractivity contribution in [1.29, 1.82) is 0 Å². The van der Waals surface area contributed by atoms with Gasteiger partial charge in [0, 0.05) is 11.4 Å². The average molecular weight is 278 g/mol. The Balaban J connectivity index is 1.73. The molecule has 2 unspecified atom stereocenters. The van der Waals surface area contributed by atoms with Crippen molar-refractivity contribution in [2.45, 2.75) is 51.2 Å². The number of hydrogen-bond acceptors (Lipinski definition) is 3. The summed E-state index contributed by atoms with van der Waals surface area (Å²) in [7, 11) is 0. The SMILES string of the molecule is CC1NC(c2cccs2)N(CC2CCCCC2)C1=O. The van der Waals surface area contributed by atoms with Gasteiger partial charge >= 0.3 is 0 Å². The first-order chi connectivity index (χ1) is 9.25. The number of nitrogens with one attached hydrogen (secondary N) is 1. The molecule has 4 heteroatoms. The van der Waals surface area contributed by atoms with Crippen molar-refractivity contribution in [3.8, 4) is 0 Å². The summed E-state index contributed by atoms with van der Waals surface area (Å²) in [4.78, 5) is 15.7. The fourth-order valence-electron chi connectivity index (χ4n) is 3.30. The van der Waals surface area contributed by atoms with Crippen molar-refractivity contribution < 1.29 is 4.79 Å². The molecule has 19 heavy (non-hydrogen) atoms. The van der Waals surface area contributed by atoms with Gasteiger partial charge in [-0.15, -0.1) is 11.3 Å². The Hall–Kier alpha value is -0.870. The quantitative estimate of drug-likeness (QED) is 0.921. The highest BCUT2D eigenvalue weighted by atomic mass is 32.1. The Labute approximate surface area is 119 Å². The highest BCUT2D eigenvalue weighted by Gasteiger charge is 2.38. The Morgan fingerprint density at radius 2 is 2.16 bits per heavy atom. The predicted octanol–water partition coefficient (Wildman–Crippen LogP) is 3.15. The molecule has 2 heterocycles. The second-order valence-corrected chi connectivity index (χ2v) is 6.78. The van der Waals surface area contributed by atoms with Gasteiger partial charge in [-0.1, -0.05) is 25.3 Å². The second kappa shape index (κ2) is 5.63. The molecule has 2 fully saturated rings. The first kappa shape index (κ1) is 13.1. The standard InChI is InChI=1S/C15H22N2OS/c1-11-15(18)17(10-12-6-3-2-4-7-12)14(16-11)13-8-5-9-19-13/h5,8-9,11-12,14,16H,2-4,6-7,10H2,1H3. The molecule has 1 saturated carbocycles. The maximum Gasteiger partial charge on any atom is 0.241 e. The molecule has 3 rings (SSSR count). The van der Waals surface area contributed by atoms with Crippen molar-refractivity contribution in [3.63, 3.8) is 0 Å². The normalized spacial score (nSPS) is 29.1. The molecule has 1 N–H and O–H groups in total. The van der Waals surface area contributed by atoms with E-state index in [9.17, 15) is 4.79 Å². The molecule has 1 saturated heterocycles. The minimum atomic E-state index is -0.0457. The maximum absolute atomic E-state index is 12.4.